The van der Waals surface area contributed by atoms with Crippen LogP contribution in [-0.2, 0) is 0 Å². The lowest BCUT2D eigenvalue weighted by Gasteiger charge is -2.20. The second-order valence-corrected chi connectivity index (χ2v) is 6.68. The van der Waals surface area contributed by atoms with Crippen molar-refractivity contribution in [3.05, 3.63) is 35.4 Å². The number of rotatable bonds is 2. The molecule has 22 heavy (non-hydrogen) atoms. The van der Waals surface area contributed by atoms with Gasteiger partial charge in [-0.25, -0.2) is 0 Å². The molecule has 0 heterocycles. The van der Waals surface area contributed by atoms with E-state index >= 15 is 0 Å². The van der Waals surface area contributed by atoms with Crippen LogP contribution in [0.5, 0.6) is 0 Å². The highest BCUT2D eigenvalue weighted by atomic mass is 16.3. The summed E-state index contributed by atoms with van der Waals surface area (Å²) >= 11 is 0. The molecule has 0 bridgehead atoms. The molecule has 1 aromatic rings. The molecule has 0 amide bonds. The van der Waals surface area contributed by atoms with E-state index in [4.69, 9.17) is 0 Å². The lowest BCUT2D eigenvalue weighted by molar-refractivity contribution is 0.0723. The summed E-state index contributed by atoms with van der Waals surface area (Å²) in [5, 5.41) is 20.2. The molecule has 0 fully saturated rings. The fourth-order valence-corrected chi connectivity index (χ4v) is 1.32. The van der Waals surface area contributed by atoms with Crippen molar-refractivity contribution in [2.75, 3.05) is 0 Å². The van der Waals surface area contributed by atoms with Crippen LogP contribution >= 0.6 is 0 Å². The van der Waals surface area contributed by atoms with E-state index in [1.165, 1.54) is 0 Å². The third-order valence-corrected chi connectivity index (χ3v) is 4.05. The summed E-state index contributed by atoms with van der Waals surface area (Å²) < 4.78 is 0. The lowest BCUT2D eigenvalue weighted by atomic mass is 9.92. The zero-order valence-electron chi connectivity index (χ0n) is 14.4. The van der Waals surface area contributed by atoms with Gasteiger partial charge in [0.05, 0.1) is 0 Å². The third-order valence-electron chi connectivity index (χ3n) is 4.05. The van der Waals surface area contributed by atoms with Crippen LogP contribution in [-0.4, -0.2) is 21.4 Å². The van der Waals surface area contributed by atoms with E-state index in [1.807, 2.05) is 52.0 Å². The van der Waals surface area contributed by atoms with Crippen molar-refractivity contribution in [3.8, 4) is 23.7 Å². The molecule has 0 spiro atoms. The maximum atomic E-state index is 10.1. The number of hydrogen-bond acceptors (Lipinski definition) is 2. The third kappa shape index (κ3) is 5.23. The lowest BCUT2D eigenvalue weighted by Crippen LogP contribution is -2.28. The van der Waals surface area contributed by atoms with Crippen molar-refractivity contribution in [2.45, 2.75) is 52.7 Å². The predicted molar refractivity (Wildman–Crippen MR) is 91.1 cm³/mol. The van der Waals surface area contributed by atoms with Crippen LogP contribution in [0.3, 0.4) is 0 Å². The highest BCUT2D eigenvalue weighted by molar-refractivity contribution is 5.43. The smallest absolute Gasteiger partial charge is 0.125 e. The Morgan fingerprint density at radius 1 is 0.727 bits per heavy atom. The first-order chi connectivity index (χ1) is 10.0. The van der Waals surface area contributed by atoms with Gasteiger partial charge in [0.15, 0.2) is 0 Å². The Bertz CT molecular complexity index is 555. The summed E-state index contributed by atoms with van der Waals surface area (Å²) in [4.78, 5) is 0. The van der Waals surface area contributed by atoms with E-state index in [0.717, 1.165) is 11.1 Å². The van der Waals surface area contributed by atoms with Gasteiger partial charge in [-0.05, 0) is 49.9 Å². The highest BCUT2D eigenvalue weighted by Gasteiger charge is 2.22. The Labute approximate surface area is 134 Å². The van der Waals surface area contributed by atoms with E-state index in [0.29, 0.717) is 0 Å². The van der Waals surface area contributed by atoms with Crippen LogP contribution in [0, 0.1) is 35.5 Å². The van der Waals surface area contributed by atoms with Gasteiger partial charge in [0, 0.05) is 11.1 Å². The summed E-state index contributed by atoms with van der Waals surface area (Å²) in [5.41, 5.74) is -0.313. The van der Waals surface area contributed by atoms with Gasteiger partial charge in [-0.1, -0.05) is 51.4 Å². The Balaban J connectivity index is 2.90. The maximum absolute atomic E-state index is 10.1. The van der Waals surface area contributed by atoms with Gasteiger partial charge in [0.25, 0.3) is 0 Å². The predicted octanol–water partition coefficient (Wildman–Crippen LogP) is 3.20. The van der Waals surface area contributed by atoms with Gasteiger partial charge >= 0.3 is 0 Å². The van der Waals surface area contributed by atoms with E-state index in [-0.39, 0.29) is 11.8 Å². The molecular formula is C20H26O2. The molecule has 1 rings (SSSR count). The zero-order chi connectivity index (χ0) is 17.0. The van der Waals surface area contributed by atoms with E-state index in [1.54, 1.807) is 13.8 Å². The molecule has 2 heteroatoms. The van der Waals surface area contributed by atoms with Crippen molar-refractivity contribution in [3.63, 3.8) is 0 Å². The van der Waals surface area contributed by atoms with Crippen molar-refractivity contribution in [1.82, 2.24) is 0 Å². The normalized spacial score (nSPS) is 16.1. The second-order valence-electron chi connectivity index (χ2n) is 6.68. The van der Waals surface area contributed by atoms with Gasteiger partial charge in [-0.2, -0.15) is 0 Å². The van der Waals surface area contributed by atoms with E-state index in [9.17, 15) is 10.2 Å². The van der Waals surface area contributed by atoms with Crippen molar-refractivity contribution in [1.29, 1.82) is 0 Å². The molecule has 2 nitrogen and oxygen atoms in total. The molecule has 0 aliphatic heterocycles. The summed E-state index contributed by atoms with van der Waals surface area (Å²) in [7, 11) is 0. The molecule has 1 aromatic carbocycles. The summed E-state index contributed by atoms with van der Waals surface area (Å²) in [6.45, 7) is 11.2. The molecule has 0 aliphatic carbocycles. The molecule has 2 N–H and O–H groups in total. The van der Waals surface area contributed by atoms with Crippen molar-refractivity contribution < 1.29 is 10.2 Å². The summed E-state index contributed by atoms with van der Waals surface area (Å²) in [6, 6.07) is 7.49. The number of hydrogen-bond donors (Lipinski definition) is 2. The minimum Gasteiger partial charge on any atom is -0.378 e. The minimum atomic E-state index is -0.992. The molecule has 2 atom stereocenters. The van der Waals surface area contributed by atoms with Gasteiger partial charge in [-0.3, -0.25) is 0 Å². The first-order valence-corrected chi connectivity index (χ1v) is 7.66. The quantitative estimate of drug-likeness (QED) is 0.823. The van der Waals surface area contributed by atoms with Gasteiger partial charge in [0.2, 0.25) is 0 Å². The fraction of sp³-hybridized carbons (Fsp3) is 0.500. The summed E-state index contributed by atoms with van der Waals surface area (Å²) in [5.74, 6) is 11.9. The van der Waals surface area contributed by atoms with Crippen LogP contribution in [0.25, 0.3) is 0 Å². The Hall–Kier alpha value is -1.74. The monoisotopic (exact) mass is 298 g/mol. The molecular weight excluding hydrogens is 272 g/mol. The van der Waals surface area contributed by atoms with E-state index in [2.05, 4.69) is 23.7 Å². The first-order valence-electron chi connectivity index (χ1n) is 7.66. The topological polar surface area (TPSA) is 40.5 Å². The second kappa shape index (κ2) is 7.01. The van der Waals surface area contributed by atoms with Gasteiger partial charge in [-0.15, -0.1) is 0 Å². The zero-order valence-corrected chi connectivity index (χ0v) is 14.4. The van der Waals surface area contributed by atoms with Crippen molar-refractivity contribution >= 4 is 0 Å². The maximum Gasteiger partial charge on any atom is 0.125 e. The average Bonchev–Trinajstić information content (AvgIpc) is 2.44. The molecule has 0 saturated carbocycles. The Morgan fingerprint density at radius 2 is 1.00 bits per heavy atom. The number of benzene rings is 1. The largest absolute Gasteiger partial charge is 0.378 e. The summed E-state index contributed by atoms with van der Waals surface area (Å²) in [6.07, 6.45) is 0. The van der Waals surface area contributed by atoms with Gasteiger partial charge < -0.3 is 10.2 Å². The SMILES string of the molecule is CC(C)C(C)(O)C#Cc1ccc(C#CC(C)(O)C(C)C)cc1. The van der Waals surface area contributed by atoms with Crippen molar-refractivity contribution in [2.24, 2.45) is 11.8 Å². The Kier molecular flexibility index (Phi) is 5.84. The molecule has 0 aliphatic rings. The minimum absolute atomic E-state index is 0.0726. The molecule has 0 saturated heterocycles. The van der Waals surface area contributed by atoms with Crippen LogP contribution in [0.1, 0.15) is 52.7 Å². The fourth-order valence-electron chi connectivity index (χ4n) is 1.32. The van der Waals surface area contributed by atoms with Crippen LogP contribution in [0.15, 0.2) is 24.3 Å². The molecule has 0 radical (unpaired) electrons. The van der Waals surface area contributed by atoms with Crippen LogP contribution in [0.2, 0.25) is 0 Å². The first kappa shape index (κ1) is 18.3. The number of aliphatic hydroxyl groups is 2. The molecule has 118 valence electrons. The molecule has 2 unspecified atom stereocenters. The van der Waals surface area contributed by atoms with Gasteiger partial charge in [0.1, 0.15) is 11.2 Å². The van der Waals surface area contributed by atoms with Crippen LogP contribution < -0.4 is 0 Å². The van der Waals surface area contributed by atoms with Crippen LogP contribution in [0.4, 0.5) is 0 Å². The standard InChI is InChI=1S/C20H26O2/c1-15(2)19(5,21)13-11-17-7-9-18(10-8-17)12-14-20(6,22)16(3)4/h7-10,15-16,21-22H,1-6H3. The Morgan fingerprint density at radius 3 is 1.23 bits per heavy atom. The average molecular weight is 298 g/mol. The molecule has 0 aromatic heterocycles. The highest BCUT2D eigenvalue weighted by Crippen LogP contribution is 2.16. The van der Waals surface area contributed by atoms with E-state index < -0.39 is 11.2 Å².